The number of nitrogens with two attached hydrogens (primary N) is 1. The van der Waals surface area contributed by atoms with E-state index in [9.17, 15) is 9.59 Å². The van der Waals surface area contributed by atoms with Gasteiger partial charge in [-0.15, -0.1) is 11.3 Å². The molecule has 6 heteroatoms. The molecule has 3 rings (SSSR count). The summed E-state index contributed by atoms with van der Waals surface area (Å²) in [5, 5.41) is 4.75. The molecule has 0 aliphatic heterocycles. The predicted molar refractivity (Wildman–Crippen MR) is 81.2 cm³/mol. The minimum Gasteiger partial charge on any atom is -0.364 e. The van der Waals surface area contributed by atoms with Crippen LogP contribution in [-0.2, 0) is 17.6 Å². The van der Waals surface area contributed by atoms with Crippen molar-refractivity contribution in [3.8, 4) is 0 Å². The number of carbonyl (C=O) groups excluding carboxylic acids is 2. The van der Waals surface area contributed by atoms with Crippen LogP contribution in [0.1, 0.15) is 28.0 Å². The van der Waals surface area contributed by atoms with E-state index in [1.165, 1.54) is 22.5 Å². The largest absolute Gasteiger partial charge is 0.364 e. The Morgan fingerprint density at radius 3 is 2.76 bits per heavy atom. The van der Waals surface area contributed by atoms with Crippen molar-refractivity contribution in [2.24, 2.45) is 11.7 Å². The fourth-order valence-corrected chi connectivity index (χ4v) is 3.28. The molecule has 1 unspecified atom stereocenters. The summed E-state index contributed by atoms with van der Waals surface area (Å²) in [6.07, 6.45) is 2.49. The number of aryl methyl sites for hydroxylation is 1. The molecule has 21 heavy (non-hydrogen) atoms. The fraction of sp³-hybridized carbons (Fsp3) is 0.267. The third-order valence-electron chi connectivity index (χ3n) is 3.70. The van der Waals surface area contributed by atoms with Gasteiger partial charge in [-0.3, -0.25) is 9.59 Å². The Hall–Kier alpha value is -2.21. The van der Waals surface area contributed by atoms with Gasteiger partial charge in [0.2, 0.25) is 5.91 Å². The molecule has 1 aliphatic carbocycles. The molecular weight excluding hydrogens is 286 g/mol. The summed E-state index contributed by atoms with van der Waals surface area (Å²) >= 11 is 1.21. The van der Waals surface area contributed by atoms with Crippen molar-refractivity contribution >= 4 is 28.3 Å². The molecular formula is C15H15N3O2S. The number of hydrogen-bond acceptors (Lipinski definition) is 4. The number of rotatable bonds is 3. The molecule has 1 heterocycles. The molecule has 2 aromatic rings. The van der Waals surface area contributed by atoms with Gasteiger partial charge in [0.1, 0.15) is 5.69 Å². The van der Waals surface area contributed by atoms with Crippen LogP contribution in [0.5, 0.6) is 0 Å². The van der Waals surface area contributed by atoms with E-state index >= 15 is 0 Å². The van der Waals surface area contributed by atoms with E-state index in [1.54, 1.807) is 5.38 Å². The average molecular weight is 301 g/mol. The maximum Gasteiger partial charge on any atom is 0.268 e. The lowest BCUT2D eigenvalue weighted by molar-refractivity contribution is -0.120. The zero-order valence-corrected chi connectivity index (χ0v) is 12.2. The Morgan fingerprint density at radius 2 is 2.05 bits per heavy atom. The van der Waals surface area contributed by atoms with Gasteiger partial charge in [-0.2, -0.15) is 0 Å². The zero-order chi connectivity index (χ0) is 14.8. The van der Waals surface area contributed by atoms with Gasteiger partial charge in [-0.1, -0.05) is 24.3 Å². The molecule has 1 aliphatic rings. The molecule has 2 amide bonds. The van der Waals surface area contributed by atoms with Gasteiger partial charge in [-0.25, -0.2) is 4.98 Å². The number of fused-ring (bicyclic) bond motifs is 1. The first-order chi connectivity index (χ1) is 10.1. The summed E-state index contributed by atoms with van der Waals surface area (Å²) in [5.41, 5.74) is 7.89. The van der Waals surface area contributed by atoms with Gasteiger partial charge in [0.05, 0.1) is 0 Å². The number of aromatic nitrogens is 1. The molecule has 0 saturated carbocycles. The summed E-state index contributed by atoms with van der Waals surface area (Å²) in [6.45, 7) is 0. The summed E-state index contributed by atoms with van der Waals surface area (Å²) in [6, 6.07) is 8.21. The van der Waals surface area contributed by atoms with Crippen LogP contribution in [0.25, 0.3) is 0 Å². The second-order valence-electron chi connectivity index (χ2n) is 5.10. The lowest BCUT2D eigenvalue weighted by atomic mass is 9.83. The molecule has 0 saturated heterocycles. The van der Waals surface area contributed by atoms with Crippen molar-refractivity contribution in [1.29, 1.82) is 0 Å². The number of anilines is 1. The number of thiazole rings is 1. The summed E-state index contributed by atoms with van der Waals surface area (Å²) < 4.78 is 0. The van der Waals surface area contributed by atoms with Gasteiger partial charge in [-0.05, 0) is 30.4 Å². The topological polar surface area (TPSA) is 85.1 Å². The van der Waals surface area contributed by atoms with Crippen LogP contribution in [0.3, 0.4) is 0 Å². The third kappa shape index (κ3) is 2.95. The van der Waals surface area contributed by atoms with Crippen molar-refractivity contribution < 1.29 is 9.59 Å². The highest BCUT2D eigenvalue weighted by Crippen LogP contribution is 2.26. The van der Waals surface area contributed by atoms with E-state index in [4.69, 9.17) is 5.73 Å². The van der Waals surface area contributed by atoms with Crippen molar-refractivity contribution in [2.45, 2.75) is 19.3 Å². The minimum atomic E-state index is -0.585. The number of nitrogens with zero attached hydrogens (tertiary/aromatic N) is 1. The Kier molecular flexibility index (Phi) is 3.70. The van der Waals surface area contributed by atoms with Crippen molar-refractivity contribution in [1.82, 2.24) is 4.98 Å². The molecule has 5 nitrogen and oxygen atoms in total. The van der Waals surface area contributed by atoms with E-state index < -0.39 is 5.91 Å². The van der Waals surface area contributed by atoms with Gasteiger partial charge >= 0.3 is 0 Å². The number of nitrogens with one attached hydrogen (secondary N) is 1. The summed E-state index contributed by atoms with van der Waals surface area (Å²) in [4.78, 5) is 27.3. The molecule has 0 fully saturated rings. The van der Waals surface area contributed by atoms with Crippen molar-refractivity contribution in [3.63, 3.8) is 0 Å². The standard InChI is InChI=1S/C15H15N3O2S/c16-13(19)12-8-21-15(17-12)18-14(20)11-6-5-9-3-1-2-4-10(9)7-11/h1-4,8,11H,5-7H2,(H2,16,19)(H,17,18,20). The van der Waals surface area contributed by atoms with E-state index in [0.717, 1.165) is 19.3 Å². The quantitative estimate of drug-likeness (QED) is 0.909. The minimum absolute atomic E-state index is 0.0464. The maximum absolute atomic E-state index is 12.3. The number of carbonyl (C=O) groups is 2. The molecule has 3 N–H and O–H groups in total. The summed E-state index contributed by atoms with van der Waals surface area (Å²) in [7, 11) is 0. The van der Waals surface area contributed by atoms with Gasteiger partial charge in [0.15, 0.2) is 5.13 Å². The van der Waals surface area contributed by atoms with Crippen LogP contribution < -0.4 is 11.1 Å². The first-order valence-electron chi connectivity index (χ1n) is 6.76. The highest BCUT2D eigenvalue weighted by atomic mass is 32.1. The number of benzene rings is 1. The second kappa shape index (κ2) is 5.65. The molecule has 0 bridgehead atoms. The number of amides is 2. The highest BCUT2D eigenvalue weighted by Gasteiger charge is 2.25. The van der Waals surface area contributed by atoms with Crippen molar-refractivity contribution in [3.05, 3.63) is 46.5 Å². The fourth-order valence-electron chi connectivity index (χ4n) is 2.57. The SMILES string of the molecule is NC(=O)c1csc(NC(=O)C2CCc3ccccc3C2)n1. The smallest absolute Gasteiger partial charge is 0.268 e. The summed E-state index contributed by atoms with van der Waals surface area (Å²) in [5.74, 6) is -0.686. The third-order valence-corrected chi connectivity index (χ3v) is 4.46. The van der Waals surface area contributed by atoms with Crippen LogP contribution in [0.15, 0.2) is 29.6 Å². The first-order valence-corrected chi connectivity index (χ1v) is 7.64. The van der Waals surface area contributed by atoms with Gasteiger partial charge in [0, 0.05) is 11.3 Å². The second-order valence-corrected chi connectivity index (χ2v) is 5.96. The van der Waals surface area contributed by atoms with Gasteiger partial charge in [0.25, 0.3) is 5.91 Å². The van der Waals surface area contributed by atoms with E-state index in [2.05, 4.69) is 22.4 Å². The molecule has 1 aromatic carbocycles. The normalized spacial score (nSPS) is 17.0. The molecule has 1 aromatic heterocycles. The Morgan fingerprint density at radius 1 is 1.29 bits per heavy atom. The monoisotopic (exact) mass is 301 g/mol. The predicted octanol–water partition coefficient (Wildman–Crippen LogP) is 1.99. The number of primary amides is 1. The van der Waals surface area contributed by atoms with Crippen LogP contribution >= 0.6 is 11.3 Å². The lowest BCUT2D eigenvalue weighted by Gasteiger charge is -2.23. The molecule has 108 valence electrons. The van der Waals surface area contributed by atoms with Crippen LogP contribution in [0.4, 0.5) is 5.13 Å². The van der Waals surface area contributed by atoms with Crippen LogP contribution in [0.2, 0.25) is 0 Å². The molecule has 0 radical (unpaired) electrons. The van der Waals surface area contributed by atoms with Crippen LogP contribution in [0, 0.1) is 5.92 Å². The average Bonchev–Trinajstić information content (AvgIpc) is 2.95. The maximum atomic E-state index is 12.3. The van der Waals surface area contributed by atoms with Gasteiger partial charge < -0.3 is 11.1 Å². The van der Waals surface area contributed by atoms with Crippen molar-refractivity contribution in [2.75, 3.05) is 5.32 Å². The Balaban J connectivity index is 1.67. The molecule has 0 spiro atoms. The lowest BCUT2D eigenvalue weighted by Crippen LogP contribution is -2.28. The zero-order valence-electron chi connectivity index (χ0n) is 11.3. The van der Waals surface area contributed by atoms with E-state index in [1.807, 2.05) is 12.1 Å². The molecule has 1 atom stereocenters. The van der Waals surface area contributed by atoms with E-state index in [0.29, 0.717) is 5.13 Å². The Labute approximate surface area is 126 Å². The first kappa shape index (κ1) is 13.8. The number of hydrogen-bond donors (Lipinski definition) is 2. The Bertz CT molecular complexity index is 696. The highest BCUT2D eigenvalue weighted by molar-refractivity contribution is 7.14. The van der Waals surface area contributed by atoms with E-state index in [-0.39, 0.29) is 17.5 Å². The van der Waals surface area contributed by atoms with Crippen LogP contribution in [-0.4, -0.2) is 16.8 Å².